The first-order chi connectivity index (χ1) is 11.7. The molecule has 25 heavy (non-hydrogen) atoms. The minimum absolute atomic E-state index is 0. The van der Waals surface area contributed by atoms with Crippen molar-refractivity contribution in [2.75, 3.05) is 0 Å². The van der Waals surface area contributed by atoms with Gasteiger partial charge >= 0.3 is 5.97 Å². The predicted molar refractivity (Wildman–Crippen MR) is 99.3 cm³/mol. The van der Waals surface area contributed by atoms with E-state index < -0.39 is 5.97 Å². The first-order valence-corrected chi connectivity index (χ1v) is 8.45. The van der Waals surface area contributed by atoms with Crippen LogP contribution in [0.4, 0.5) is 0 Å². The molecule has 1 atom stereocenters. The molecule has 0 saturated heterocycles. The SMILES string of the molecule is O=C(O)c1ccccc1O.[Pt].[c-]1cccc2ccc3ccc[pH+]c3c12. The molecule has 0 bridgehead atoms. The molecule has 1 heterocycles. The summed E-state index contributed by atoms with van der Waals surface area (Å²) < 4.78 is 0. The van der Waals surface area contributed by atoms with Crippen molar-refractivity contribution in [3.05, 3.63) is 84.2 Å². The van der Waals surface area contributed by atoms with Crippen LogP contribution < -0.4 is 0 Å². The zero-order valence-electron chi connectivity index (χ0n) is 13.0. The van der Waals surface area contributed by atoms with Gasteiger partial charge in [-0.05, 0) is 23.6 Å². The molecule has 2 N–H and O–H groups in total. The molecule has 1 unspecified atom stereocenters. The first kappa shape index (κ1) is 19.1. The van der Waals surface area contributed by atoms with E-state index in [1.165, 1.54) is 33.4 Å². The summed E-state index contributed by atoms with van der Waals surface area (Å²) in [4.78, 5) is 10.3. The largest absolute Gasteiger partial charge is 0.507 e. The second-order valence-electron chi connectivity index (χ2n) is 5.16. The molecule has 0 aliphatic heterocycles. The molecule has 0 saturated carbocycles. The summed E-state index contributed by atoms with van der Waals surface area (Å²) in [6.07, 6.45) is 0. The smallest absolute Gasteiger partial charge is 0.339 e. The van der Waals surface area contributed by atoms with Crippen LogP contribution in [0.3, 0.4) is 0 Å². The average molecular weight is 529 g/mol. The maximum absolute atomic E-state index is 10.3. The Morgan fingerprint density at radius 3 is 2.36 bits per heavy atom. The van der Waals surface area contributed by atoms with Crippen molar-refractivity contribution >= 4 is 35.4 Å². The van der Waals surface area contributed by atoms with Crippen LogP contribution in [0.25, 0.3) is 21.3 Å². The summed E-state index contributed by atoms with van der Waals surface area (Å²) in [6, 6.07) is 24.0. The van der Waals surface area contributed by atoms with E-state index in [9.17, 15) is 4.79 Å². The van der Waals surface area contributed by atoms with Gasteiger partial charge in [0.2, 0.25) is 0 Å². The molecule has 128 valence electrons. The summed E-state index contributed by atoms with van der Waals surface area (Å²) in [6.45, 7) is 0. The van der Waals surface area contributed by atoms with Crippen LogP contribution >= 0.6 is 8.19 Å². The van der Waals surface area contributed by atoms with Crippen molar-refractivity contribution in [3.63, 3.8) is 0 Å². The van der Waals surface area contributed by atoms with Gasteiger partial charge in [0.25, 0.3) is 0 Å². The van der Waals surface area contributed by atoms with Crippen molar-refractivity contribution in [2.24, 2.45) is 0 Å². The number of aromatic carboxylic acids is 1. The first-order valence-electron chi connectivity index (χ1n) is 7.38. The second kappa shape index (κ2) is 8.76. The number of carbonyl (C=O) groups is 1. The fourth-order valence-corrected chi connectivity index (χ4v) is 3.50. The fourth-order valence-electron chi connectivity index (χ4n) is 2.44. The zero-order chi connectivity index (χ0) is 16.9. The quantitative estimate of drug-likeness (QED) is 0.264. The Bertz CT molecular complexity index is 963. The molecule has 1 aromatic heterocycles. The Labute approximate surface area is 161 Å². The van der Waals surface area contributed by atoms with Crippen LogP contribution in [0, 0.1) is 6.07 Å². The van der Waals surface area contributed by atoms with Crippen molar-refractivity contribution in [2.45, 2.75) is 0 Å². The summed E-state index contributed by atoms with van der Waals surface area (Å²) in [5.41, 5.74) is -0.0671. The minimum Gasteiger partial charge on any atom is -0.507 e. The van der Waals surface area contributed by atoms with Gasteiger partial charge in [-0.25, -0.2) is 4.79 Å². The number of benzene rings is 3. The molecule has 0 fully saturated rings. The van der Waals surface area contributed by atoms with E-state index in [0.717, 1.165) is 8.19 Å². The molecule has 4 aromatic rings. The van der Waals surface area contributed by atoms with Crippen molar-refractivity contribution < 1.29 is 36.1 Å². The van der Waals surface area contributed by atoms with E-state index in [-0.39, 0.29) is 32.4 Å². The maximum atomic E-state index is 10.3. The summed E-state index contributed by atoms with van der Waals surface area (Å²) >= 11 is 0. The van der Waals surface area contributed by atoms with Gasteiger partial charge in [-0.15, -0.1) is 29.7 Å². The van der Waals surface area contributed by atoms with Gasteiger partial charge in [0.05, 0.1) is 13.3 Å². The Kier molecular flexibility index (Phi) is 6.70. The second-order valence-corrected chi connectivity index (χ2v) is 6.28. The topological polar surface area (TPSA) is 57.5 Å². The third kappa shape index (κ3) is 4.45. The van der Waals surface area contributed by atoms with E-state index >= 15 is 0 Å². The van der Waals surface area contributed by atoms with E-state index in [2.05, 4.69) is 42.2 Å². The van der Waals surface area contributed by atoms with Crippen LogP contribution in [0.2, 0.25) is 0 Å². The van der Waals surface area contributed by atoms with E-state index in [1.807, 2.05) is 12.1 Å². The number of para-hydroxylation sites is 1. The van der Waals surface area contributed by atoms with Crippen LogP contribution in [-0.4, -0.2) is 16.2 Å². The number of rotatable bonds is 1. The molecule has 4 rings (SSSR count). The molecule has 0 radical (unpaired) electrons. The Hall–Kier alpha value is -2.21. The Morgan fingerprint density at radius 2 is 1.64 bits per heavy atom. The number of carboxylic acids is 1. The van der Waals surface area contributed by atoms with Crippen LogP contribution in [0.1, 0.15) is 10.4 Å². The molecule has 0 spiro atoms. The standard InChI is InChI=1S/C13H8P.C7H6O3.Pt/c1-2-6-12-10(4-1)7-8-11-5-3-9-14-13(11)12;8-6-4-2-1-3-5(6)7(9)10;/h1-5,7-9H;1-4,8H,(H,9,10);/q-1;;/p+1. The Morgan fingerprint density at radius 1 is 0.920 bits per heavy atom. The monoisotopic (exact) mass is 529 g/mol. The van der Waals surface area contributed by atoms with E-state index in [1.54, 1.807) is 12.1 Å². The van der Waals surface area contributed by atoms with E-state index in [4.69, 9.17) is 10.2 Å². The van der Waals surface area contributed by atoms with E-state index in [0.29, 0.717) is 0 Å². The zero-order valence-corrected chi connectivity index (χ0v) is 16.3. The molecule has 3 nitrogen and oxygen atoms in total. The van der Waals surface area contributed by atoms with Crippen molar-refractivity contribution in [1.29, 1.82) is 0 Å². The summed E-state index contributed by atoms with van der Waals surface area (Å²) in [5, 5.41) is 22.7. The Balaban J connectivity index is 0.000000184. The predicted octanol–water partition coefficient (Wildman–Crippen LogP) is 5.19. The average Bonchev–Trinajstić information content (AvgIpc) is 2.62. The number of carboxylic acid groups (broad SMARTS) is 1. The van der Waals surface area contributed by atoms with Gasteiger partial charge < -0.3 is 10.2 Å². The molecule has 5 heteroatoms. The van der Waals surface area contributed by atoms with Gasteiger partial charge in [-0.3, -0.25) is 0 Å². The van der Waals surface area contributed by atoms with Gasteiger partial charge in [-0.2, -0.15) is 0 Å². The van der Waals surface area contributed by atoms with Gasteiger partial charge in [-0.1, -0.05) is 35.7 Å². The molecule has 3 aromatic carbocycles. The maximum Gasteiger partial charge on any atom is 0.339 e. The summed E-state index contributed by atoms with van der Waals surface area (Å²) in [5.74, 6) is 0.913. The normalized spacial score (nSPS) is 10.1. The van der Waals surface area contributed by atoms with Gasteiger partial charge in [0.15, 0.2) is 0 Å². The van der Waals surface area contributed by atoms with Crippen LogP contribution in [0.5, 0.6) is 5.75 Å². The number of fused-ring (bicyclic) bond motifs is 3. The van der Waals surface area contributed by atoms with Gasteiger partial charge in [0.1, 0.15) is 17.1 Å². The third-order valence-electron chi connectivity index (χ3n) is 3.60. The number of phenols is 1. The fraction of sp³-hybridized carbons (Fsp3) is 0. The minimum atomic E-state index is -1.11. The molecule has 0 amide bonds. The molecule has 0 aliphatic carbocycles. The molecule has 0 aliphatic rings. The van der Waals surface area contributed by atoms with Crippen molar-refractivity contribution in [3.8, 4) is 5.75 Å². The van der Waals surface area contributed by atoms with Gasteiger partial charge in [0, 0.05) is 21.1 Å². The third-order valence-corrected chi connectivity index (χ3v) is 4.79. The number of hydrogen-bond donors (Lipinski definition) is 2. The summed E-state index contributed by atoms with van der Waals surface area (Å²) in [7, 11) is 0.784. The number of hydrogen-bond acceptors (Lipinski definition) is 2. The van der Waals surface area contributed by atoms with Crippen LogP contribution in [-0.2, 0) is 21.1 Å². The van der Waals surface area contributed by atoms with Crippen LogP contribution in [0.15, 0.2) is 72.5 Å². The molecular formula is C20H15O3PPt. The number of aromatic hydroxyl groups is 1. The van der Waals surface area contributed by atoms with Crippen molar-refractivity contribution in [1.82, 2.24) is 0 Å². The molecular weight excluding hydrogens is 514 g/mol.